The number of aryl methyl sites for hydroxylation is 1. The predicted molar refractivity (Wildman–Crippen MR) is 105 cm³/mol. The van der Waals surface area contributed by atoms with Gasteiger partial charge in [0.25, 0.3) is 0 Å². The molecule has 0 aliphatic carbocycles. The van der Waals surface area contributed by atoms with Crippen LogP contribution in [0.5, 0.6) is 0 Å². The molecule has 0 saturated carbocycles. The Morgan fingerprint density at radius 1 is 1.31 bits per heavy atom. The molecule has 0 bridgehead atoms. The number of amides is 1. The van der Waals surface area contributed by atoms with E-state index in [0.717, 1.165) is 37.5 Å². The van der Waals surface area contributed by atoms with E-state index in [0.29, 0.717) is 18.0 Å². The molecular formula is C20H37N5O. The molecular weight excluding hydrogens is 326 g/mol. The third-order valence-electron chi connectivity index (χ3n) is 5.59. The van der Waals surface area contributed by atoms with Crippen LogP contribution in [0.25, 0.3) is 0 Å². The zero-order valence-electron chi connectivity index (χ0n) is 17.5. The van der Waals surface area contributed by atoms with E-state index in [1.165, 1.54) is 19.4 Å². The molecule has 1 saturated heterocycles. The summed E-state index contributed by atoms with van der Waals surface area (Å²) in [6.07, 6.45) is 5.81. The highest BCUT2D eigenvalue weighted by atomic mass is 16.1. The number of carbonyl (C=O) groups is 1. The van der Waals surface area contributed by atoms with Gasteiger partial charge in [0, 0.05) is 37.5 Å². The Morgan fingerprint density at radius 2 is 2.04 bits per heavy atom. The number of hydrogen-bond acceptors (Lipinski definition) is 4. The summed E-state index contributed by atoms with van der Waals surface area (Å²) in [5.41, 5.74) is 0. The molecule has 6 nitrogen and oxygen atoms in total. The van der Waals surface area contributed by atoms with Gasteiger partial charge < -0.3 is 14.8 Å². The van der Waals surface area contributed by atoms with Gasteiger partial charge in [-0.3, -0.25) is 4.79 Å². The van der Waals surface area contributed by atoms with Crippen LogP contribution < -0.4 is 5.32 Å². The number of nitrogens with one attached hydrogen (secondary N) is 1. The van der Waals surface area contributed by atoms with E-state index in [9.17, 15) is 4.79 Å². The quantitative estimate of drug-likeness (QED) is 0.730. The van der Waals surface area contributed by atoms with Crippen molar-refractivity contribution in [3.05, 3.63) is 11.6 Å². The third-order valence-corrected chi connectivity index (χ3v) is 5.59. The molecule has 6 heteroatoms. The standard InChI is InChI=1S/C20H37N5O/c1-7-18(25-16(5)22-23-20(25)14(2)3)13-19-9-8-11-24(19)12-10-15(4)21-17(6)26/h14-15,18-19H,7-13H2,1-6H3,(H,21,26)/t15-,18?,19?/m1/s1. The van der Waals surface area contributed by atoms with Gasteiger partial charge in [0.15, 0.2) is 0 Å². The van der Waals surface area contributed by atoms with Gasteiger partial charge in [-0.1, -0.05) is 20.8 Å². The minimum Gasteiger partial charge on any atom is -0.354 e. The van der Waals surface area contributed by atoms with Crippen LogP contribution in [-0.2, 0) is 4.79 Å². The van der Waals surface area contributed by atoms with E-state index in [1.54, 1.807) is 6.92 Å². The topological polar surface area (TPSA) is 63.1 Å². The lowest BCUT2D eigenvalue weighted by Gasteiger charge is -2.30. The van der Waals surface area contributed by atoms with Crippen LogP contribution in [0.2, 0.25) is 0 Å². The highest BCUT2D eigenvalue weighted by molar-refractivity contribution is 5.73. The maximum absolute atomic E-state index is 11.2. The summed E-state index contributed by atoms with van der Waals surface area (Å²) in [6, 6.07) is 1.32. The molecule has 3 atom stereocenters. The van der Waals surface area contributed by atoms with Crippen LogP contribution >= 0.6 is 0 Å². The molecule has 1 aromatic heterocycles. The van der Waals surface area contributed by atoms with Crippen molar-refractivity contribution in [3.8, 4) is 0 Å². The normalized spacial score (nSPS) is 20.5. The Kier molecular flexibility index (Phi) is 7.62. The second-order valence-electron chi connectivity index (χ2n) is 8.15. The van der Waals surface area contributed by atoms with Crippen LogP contribution in [0.3, 0.4) is 0 Å². The van der Waals surface area contributed by atoms with Crippen molar-refractivity contribution in [1.82, 2.24) is 25.0 Å². The smallest absolute Gasteiger partial charge is 0.217 e. The number of carbonyl (C=O) groups excluding carboxylic acids is 1. The Labute approximate surface area is 158 Å². The lowest BCUT2D eigenvalue weighted by Crippen LogP contribution is -2.37. The van der Waals surface area contributed by atoms with E-state index < -0.39 is 0 Å². The minimum absolute atomic E-state index is 0.0609. The molecule has 2 unspecified atom stereocenters. The Bertz CT molecular complexity index is 583. The molecule has 1 amide bonds. The molecule has 1 aliphatic rings. The van der Waals surface area contributed by atoms with Gasteiger partial charge in [0.2, 0.25) is 5.91 Å². The molecule has 0 aromatic carbocycles. The van der Waals surface area contributed by atoms with E-state index in [4.69, 9.17) is 0 Å². The van der Waals surface area contributed by atoms with Crippen molar-refractivity contribution >= 4 is 5.91 Å². The molecule has 148 valence electrons. The van der Waals surface area contributed by atoms with Crippen LogP contribution in [0.1, 0.15) is 90.3 Å². The average Bonchev–Trinajstić information content (AvgIpc) is 3.16. The highest BCUT2D eigenvalue weighted by Crippen LogP contribution is 2.30. The SMILES string of the molecule is CCC(CC1CCCN1CC[C@@H](C)NC(C)=O)n1c(C)nnc1C(C)C. The van der Waals surface area contributed by atoms with Gasteiger partial charge in [-0.2, -0.15) is 0 Å². The van der Waals surface area contributed by atoms with Gasteiger partial charge in [-0.25, -0.2) is 0 Å². The van der Waals surface area contributed by atoms with Crippen molar-refractivity contribution in [2.75, 3.05) is 13.1 Å². The molecule has 1 aromatic rings. The average molecular weight is 364 g/mol. The van der Waals surface area contributed by atoms with E-state index in [2.05, 4.69) is 59.6 Å². The van der Waals surface area contributed by atoms with E-state index in [1.807, 2.05) is 0 Å². The van der Waals surface area contributed by atoms with Crippen LogP contribution in [-0.4, -0.2) is 50.7 Å². The Morgan fingerprint density at radius 3 is 2.65 bits per heavy atom. The fraction of sp³-hybridized carbons (Fsp3) is 0.850. The molecule has 1 fully saturated rings. The van der Waals surface area contributed by atoms with Gasteiger partial charge in [0.05, 0.1) is 0 Å². The first kappa shape index (κ1) is 20.9. The van der Waals surface area contributed by atoms with E-state index >= 15 is 0 Å². The molecule has 1 aliphatic heterocycles. The fourth-order valence-electron chi connectivity index (χ4n) is 4.23. The van der Waals surface area contributed by atoms with Crippen LogP contribution in [0.4, 0.5) is 0 Å². The summed E-state index contributed by atoms with van der Waals surface area (Å²) in [6.45, 7) is 14.6. The number of aromatic nitrogens is 3. The summed E-state index contributed by atoms with van der Waals surface area (Å²) in [7, 11) is 0. The number of likely N-dealkylation sites (tertiary alicyclic amines) is 1. The van der Waals surface area contributed by atoms with Crippen molar-refractivity contribution in [1.29, 1.82) is 0 Å². The maximum Gasteiger partial charge on any atom is 0.217 e. The van der Waals surface area contributed by atoms with Crippen molar-refractivity contribution in [2.24, 2.45) is 0 Å². The Balaban J connectivity index is 2.00. The minimum atomic E-state index is 0.0609. The van der Waals surface area contributed by atoms with Gasteiger partial charge >= 0.3 is 0 Å². The number of rotatable bonds is 9. The highest BCUT2D eigenvalue weighted by Gasteiger charge is 2.29. The van der Waals surface area contributed by atoms with Crippen molar-refractivity contribution in [3.63, 3.8) is 0 Å². The van der Waals surface area contributed by atoms with Gasteiger partial charge in [0.1, 0.15) is 11.6 Å². The van der Waals surface area contributed by atoms with Crippen molar-refractivity contribution < 1.29 is 4.79 Å². The molecule has 2 heterocycles. The van der Waals surface area contributed by atoms with Crippen LogP contribution in [0.15, 0.2) is 0 Å². The lowest BCUT2D eigenvalue weighted by molar-refractivity contribution is -0.119. The second kappa shape index (κ2) is 9.49. The zero-order chi connectivity index (χ0) is 19.3. The summed E-state index contributed by atoms with van der Waals surface area (Å²) < 4.78 is 2.38. The first-order valence-electron chi connectivity index (χ1n) is 10.3. The number of nitrogens with zero attached hydrogens (tertiary/aromatic N) is 4. The summed E-state index contributed by atoms with van der Waals surface area (Å²) in [5.74, 6) is 2.59. The van der Waals surface area contributed by atoms with E-state index in [-0.39, 0.29) is 11.9 Å². The maximum atomic E-state index is 11.2. The monoisotopic (exact) mass is 363 g/mol. The second-order valence-corrected chi connectivity index (χ2v) is 8.15. The predicted octanol–water partition coefficient (Wildman–Crippen LogP) is 3.43. The third kappa shape index (κ3) is 5.29. The largest absolute Gasteiger partial charge is 0.354 e. The van der Waals surface area contributed by atoms with Gasteiger partial charge in [-0.15, -0.1) is 10.2 Å². The molecule has 0 spiro atoms. The fourth-order valence-corrected chi connectivity index (χ4v) is 4.23. The summed E-state index contributed by atoms with van der Waals surface area (Å²) in [4.78, 5) is 13.8. The van der Waals surface area contributed by atoms with Crippen molar-refractivity contribution in [2.45, 2.75) is 97.7 Å². The van der Waals surface area contributed by atoms with Gasteiger partial charge in [-0.05, 0) is 52.5 Å². The number of hydrogen-bond donors (Lipinski definition) is 1. The molecule has 26 heavy (non-hydrogen) atoms. The first-order valence-corrected chi connectivity index (χ1v) is 10.3. The first-order chi connectivity index (χ1) is 12.3. The summed E-state index contributed by atoms with van der Waals surface area (Å²) in [5, 5.41) is 11.8. The lowest BCUT2D eigenvalue weighted by atomic mass is 10.0. The summed E-state index contributed by atoms with van der Waals surface area (Å²) >= 11 is 0. The zero-order valence-corrected chi connectivity index (χ0v) is 17.5. The Hall–Kier alpha value is -1.43. The van der Waals surface area contributed by atoms with Crippen LogP contribution in [0, 0.1) is 6.92 Å². The molecule has 0 radical (unpaired) electrons. The molecule has 2 rings (SSSR count). The molecule has 1 N–H and O–H groups in total.